The van der Waals surface area contributed by atoms with Crippen LogP contribution >= 0.6 is 0 Å². The SMILES string of the molecule is CCCCNC(=O)[C@@H](CC)N(Cc1ccccc1C)C(=O)CN(c1cccc(C)c1)S(=O)(=O)c1ccc(C)cc1. The lowest BCUT2D eigenvalue weighted by molar-refractivity contribution is -0.140. The van der Waals surface area contributed by atoms with Gasteiger partial charge in [-0.1, -0.05) is 74.4 Å². The van der Waals surface area contributed by atoms with Crippen LogP contribution in [0.2, 0.25) is 0 Å². The molecule has 0 unspecified atom stereocenters. The van der Waals surface area contributed by atoms with E-state index in [9.17, 15) is 18.0 Å². The second-order valence-corrected chi connectivity index (χ2v) is 12.0. The summed E-state index contributed by atoms with van der Waals surface area (Å²) in [6.07, 6.45) is 2.17. The van der Waals surface area contributed by atoms with E-state index in [-0.39, 0.29) is 17.3 Å². The maximum absolute atomic E-state index is 14.1. The predicted octanol–water partition coefficient (Wildman–Crippen LogP) is 5.53. The van der Waals surface area contributed by atoms with Gasteiger partial charge in [0.25, 0.3) is 10.0 Å². The van der Waals surface area contributed by atoms with Crippen LogP contribution in [0.25, 0.3) is 0 Å². The first-order chi connectivity index (χ1) is 19.1. The van der Waals surface area contributed by atoms with Gasteiger partial charge in [0.05, 0.1) is 10.6 Å². The highest BCUT2D eigenvalue weighted by atomic mass is 32.2. The molecule has 3 aromatic carbocycles. The molecular weight excluding hydrogens is 522 g/mol. The molecule has 40 heavy (non-hydrogen) atoms. The predicted molar refractivity (Wildman–Crippen MR) is 161 cm³/mol. The lowest BCUT2D eigenvalue weighted by Crippen LogP contribution is -2.52. The van der Waals surface area contributed by atoms with Crippen molar-refractivity contribution >= 4 is 27.5 Å². The molecule has 2 amide bonds. The fourth-order valence-corrected chi connectivity index (χ4v) is 5.95. The molecule has 0 fully saturated rings. The van der Waals surface area contributed by atoms with Crippen molar-refractivity contribution in [2.24, 2.45) is 0 Å². The van der Waals surface area contributed by atoms with Gasteiger partial charge in [0.15, 0.2) is 0 Å². The highest BCUT2D eigenvalue weighted by Crippen LogP contribution is 2.26. The van der Waals surface area contributed by atoms with Crippen LogP contribution in [-0.4, -0.2) is 44.3 Å². The highest BCUT2D eigenvalue weighted by molar-refractivity contribution is 7.92. The first-order valence-corrected chi connectivity index (χ1v) is 15.3. The van der Waals surface area contributed by atoms with E-state index in [1.54, 1.807) is 42.5 Å². The van der Waals surface area contributed by atoms with Gasteiger partial charge in [-0.2, -0.15) is 0 Å². The zero-order valence-electron chi connectivity index (χ0n) is 24.2. The molecule has 3 rings (SSSR count). The Morgan fingerprint density at radius 1 is 0.875 bits per heavy atom. The summed E-state index contributed by atoms with van der Waals surface area (Å²) in [5.41, 5.74) is 4.09. The Labute approximate surface area is 239 Å². The third-order valence-corrected chi connectivity index (χ3v) is 8.78. The normalized spacial score (nSPS) is 12.0. The Morgan fingerprint density at radius 3 is 2.20 bits per heavy atom. The molecule has 0 aliphatic rings. The van der Waals surface area contributed by atoms with Crippen molar-refractivity contribution in [3.63, 3.8) is 0 Å². The molecule has 214 valence electrons. The van der Waals surface area contributed by atoms with Crippen LogP contribution < -0.4 is 9.62 Å². The van der Waals surface area contributed by atoms with Crippen LogP contribution in [0.15, 0.2) is 77.7 Å². The topological polar surface area (TPSA) is 86.8 Å². The molecule has 8 heteroatoms. The molecule has 1 atom stereocenters. The summed E-state index contributed by atoms with van der Waals surface area (Å²) in [7, 11) is -4.08. The molecule has 1 N–H and O–H groups in total. The van der Waals surface area contributed by atoms with Crippen molar-refractivity contribution in [2.45, 2.75) is 71.4 Å². The average molecular weight is 564 g/mol. The summed E-state index contributed by atoms with van der Waals surface area (Å²) < 4.78 is 29.1. The standard InChI is InChI=1S/C32H41N3O4S/c1-6-8-20-33-32(37)30(7-2)34(22-27-14-10-9-13-26(27)5)31(36)23-35(28-15-11-12-25(4)21-28)40(38,39)29-18-16-24(3)17-19-29/h9-19,21,30H,6-8,20,22-23H2,1-5H3,(H,33,37)/t30-/m1/s1. The summed E-state index contributed by atoms with van der Waals surface area (Å²) in [6.45, 7) is 9.91. The Morgan fingerprint density at radius 2 is 1.57 bits per heavy atom. The number of anilines is 1. The van der Waals surface area contributed by atoms with Crippen LogP contribution in [-0.2, 0) is 26.2 Å². The maximum Gasteiger partial charge on any atom is 0.264 e. The summed E-state index contributed by atoms with van der Waals surface area (Å²) in [5.74, 6) is -0.681. The molecular formula is C32H41N3O4S. The lowest BCUT2D eigenvalue weighted by Gasteiger charge is -2.33. The Kier molecular flexibility index (Phi) is 10.9. The fourth-order valence-electron chi connectivity index (χ4n) is 4.55. The summed E-state index contributed by atoms with van der Waals surface area (Å²) in [5, 5.41) is 2.96. The molecule has 0 aliphatic heterocycles. The molecule has 0 spiro atoms. The van der Waals surface area contributed by atoms with Crippen molar-refractivity contribution < 1.29 is 18.0 Å². The molecule has 0 heterocycles. The number of carbonyl (C=O) groups excluding carboxylic acids is 2. The quantitative estimate of drug-likeness (QED) is 0.277. The van der Waals surface area contributed by atoms with Gasteiger partial charge >= 0.3 is 0 Å². The number of aryl methyl sites for hydroxylation is 3. The Balaban J connectivity index is 2.05. The van der Waals surface area contributed by atoms with Gasteiger partial charge in [0.1, 0.15) is 12.6 Å². The zero-order chi connectivity index (χ0) is 29.3. The third-order valence-electron chi connectivity index (χ3n) is 6.99. The van der Waals surface area contributed by atoms with Crippen LogP contribution in [0, 0.1) is 20.8 Å². The van der Waals surface area contributed by atoms with E-state index in [1.807, 2.05) is 65.0 Å². The van der Waals surface area contributed by atoms with E-state index < -0.39 is 28.5 Å². The molecule has 0 saturated carbocycles. The largest absolute Gasteiger partial charge is 0.354 e. The van der Waals surface area contributed by atoms with Gasteiger partial charge in [-0.05, 0) is 74.6 Å². The summed E-state index contributed by atoms with van der Waals surface area (Å²) >= 11 is 0. The maximum atomic E-state index is 14.1. The van der Waals surface area contributed by atoms with Crippen molar-refractivity contribution in [3.8, 4) is 0 Å². The number of rotatable bonds is 13. The zero-order valence-corrected chi connectivity index (χ0v) is 25.0. The van der Waals surface area contributed by atoms with E-state index in [1.165, 1.54) is 4.90 Å². The van der Waals surface area contributed by atoms with Crippen LogP contribution in [0.1, 0.15) is 55.4 Å². The van der Waals surface area contributed by atoms with Crippen LogP contribution in [0.5, 0.6) is 0 Å². The first kappa shape index (κ1) is 30.9. The van der Waals surface area contributed by atoms with E-state index in [4.69, 9.17) is 0 Å². The second-order valence-electron chi connectivity index (χ2n) is 10.2. The number of benzene rings is 3. The van der Waals surface area contributed by atoms with Crippen molar-refractivity contribution in [2.75, 3.05) is 17.4 Å². The number of carbonyl (C=O) groups is 2. The van der Waals surface area contributed by atoms with E-state index >= 15 is 0 Å². The minimum atomic E-state index is -4.08. The molecule has 7 nitrogen and oxygen atoms in total. The van der Waals surface area contributed by atoms with Gasteiger partial charge in [0, 0.05) is 13.1 Å². The smallest absolute Gasteiger partial charge is 0.264 e. The van der Waals surface area contributed by atoms with Crippen LogP contribution in [0.3, 0.4) is 0 Å². The molecule has 0 bridgehead atoms. The highest BCUT2D eigenvalue weighted by Gasteiger charge is 2.33. The number of hydrogen-bond donors (Lipinski definition) is 1. The number of unbranched alkanes of at least 4 members (excludes halogenated alkanes) is 1. The summed E-state index contributed by atoms with van der Waals surface area (Å²) in [6, 6.07) is 20.6. The number of amides is 2. The fraction of sp³-hybridized carbons (Fsp3) is 0.375. The minimum absolute atomic E-state index is 0.0993. The lowest BCUT2D eigenvalue weighted by atomic mass is 10.1. The van der Waals surface area contributed by atoms with Gasteiger partial charge in [0.2, 0.25) is 11.8 Å². The van der Waals surface area contributed by atoms with E-state index in [0.717, 1.165) is 39.4 Å². The minimum Gasteiger partial charge on any atom is -0.354 e. The molecule has 0 aromatic heterocycles. The van der Waals surface area contributed by atoms with Crippen molar-refractivity contribution in [1.29, 1.82) is 0 Å². The Hall–Kier alpha value is -3.65. The number of nitrogens with one attached hydrogen (secondary N) is 1. The van der Waals surface area contributed by atoms with Gasteiger partial charge in [-0.3, -0.25) is 13.9 Å². The van der Waals surface area contributed by atoms with Crippen molar-refractivity contribution in [1.82, 2.24) is 10.2 Å². The van der Waals surface area contributed by atoms with Crippen molar-refractivity contribution in [3.05, 3.63) is 95.1 Å². The van der Waals surface area contributed by atoms with E-state index in [2.05, 4.69) is 5.32 Å². The second kappa shape index (κ2) is 14.1. The molecule has 0 saturated heterocycles. The number of sulfonamides is 1. The van der Waals surface area contributed by atoms with Gasteiger partial charge < -0.3 is 10.2 Å². The molecule has 0 aliphatic carbocycles. The van der Waals surface area contributed by atoms with Gasteiger partial charge in [-0.25, -0.2) is 8.42 Å². The average Bonchev–Trinajstić information content (AvgIpc) is 2.92. The first-order valence-electron chi connectivity index (χ1n) is 13.9. The number of nitrogens with zero attached hydrogens (tertiary/aromatic N) is 2. The molecule has 3 aromatic rings. The third kappa shape index (κ3) is 7.72. The van der Waals surface area contributed by atoms with Gasteiger partial charge in [-0.15, -0.1) is 0 Å². The monoisotopic (exact) mass is 563 g/mol. The number of hydrogen-bond acceptors (Lipinski definition) is 4. The van der Waals surface area contributed by atoms with E-state index in [0.29, 0.717) is 18.7 Å². The van der Waals surface area contributed by atoms with Crippen LogP contribution in [0.4, 0.5) is 5.69 Å². The molecule has 0 radical (unpaired) electrons. The summed E-state index contributed by atoms with van der Waals surface area (Å²) in [4.78, 5) is 29.0. The Bertz CT molecular complexity index is 1400.